The van der Waals surface area contributed by atoms with Gasteiger partial charge in [0.05, 0.1) is 56.6 Å². The fraction of sp³-hybridized carbons (Fsp3) is 0.905. The van der Waals surface area contributed by atoms with Gasteiger partial charge in [-0.15, -0.1) is 0 Å². The Bertz CT molecular complexity index is 438. The van der Waals surface area contributed by atoms with Crippen LogP contribution in [0.4, 0.5) is 0 Å². The summed E-state index contributed by atoms with van der Waals surface area (Å²) in [4.78, 5) is 22.0. The van der Waals surface area contributed by atoms with E-state index in [2.05, 4.69) is 0 Å². The number of esters is 1. The van der Waals surface area contributed by atoms with E-state index in [1.807, 2.05) is 6.92 Å². The first kappa shape index (κ1) is 30.9. The summed E-state index contributed by atoms with van der Waals surface area (Å²) in [6.07, 6.45) is -0.299. The van der Waals surface area contributed by atoms with Crippen LogP contribution in [-0.2, 0) is 23.8 Å². The van der Waals surface area contributed by atoms with Gasteiger partial charge in [-0.3, -0.25) is 9.59 Å². The van der Waals surface area contributed by atoms with Crippen molar-refractivity contribution in [1.82, 2.24) is 0 Å². The van der Waals surface area contributed by atoms with Gasteiger partial charge in [0.15, 0.2) is 0 Å². The second kappa shape index (κ2) is 18.5. The van der Waals surface area contributed by atoms with Crippen LogP contribution in [0.3, 0.4) is 0 Å². The highest BCUT2D eigenvalue weighted by atomic mass is 16.6. The molecule has 6 unspecified atom stereocenters. The number of carboxylic acids is 1. The molecule has 9 heteroatoms. The first-order chi connectivity index (χ1) is 13.9. The molecule has 0 bridgehead atoms. The number of carbonyl (C=O) groups excluding carboxylic acids is 1. The lowest BCUT2D eigenvalue weighted by molar-refractivity contribution is -0.160. The molecule has 0 aromatic heterocycles. The Hall–Kier alpha value is -1.26. The van der Waals surface area contributed by atoms with Crippen molar-refractivity contribution in [1.29, 1.82) is 0 Å². The lowest BCUT2D eigenvalue weighted by Gasteiger charge is -2.25. The molecule has 0 heterocycles. The van der Waals surface area contributed by atoms with Crippen molar-refractivity contribution >= 4 is 11.9 Å². The molecule has 0 aromatic rings. The molecular formula is C21H42O9. The maximum atomic E-state index is 11.6. The highest BCUT2D eigenvalue weighted by Gasteiger charge is 2.22. The molecule has 0 saturated heterocycles. The number of rotatable bonds is 15. The number of ether oxygens (including phenoxy) is 3. The Labute approximate surface area is 180 Å². The summed E-state index contributed by atoms with van der Waals surface area (Å²) in [5.74, 6) is -1.55. The molecule has 4 N–H and O–H groups in total. The number of carboxylic acid groups (broad SMARTS) is 1. The van der Waals surface area contributed by atoms with Crippen LogP contribution in [0.15, 0.2) is 0 Å². The normalized spacial score (nSPS) is 17.0. The molecule has 0 spiro atoms. The second-order valence-electron chi connectivity index (χ2n) is 7.58. The number of aliphatic hydroxyl groups is 3. The average molecular weight is 439 g/mol. The SMILES string of the molecule is CC(O)COC(C)C(C)O.CCCCC(OC(=O)CCC(=O)O)C(C)OCC(C)O. The van der Waals surface area contributed by atoms with Gasteiger partial charge in [-0.25, -0.2) is 0 Å². The van der Waals surface area contributed by atoms with Gasteiger partial charge >= 0.3 is 11.9 Å². The summed E-state index contributed by atoms with van der Waals surface area (Å²) in [5, 5.41) is 35.4. The van der Waals surface area contributed by atoms with Gasteiger partial charge in [0.1, 0.15) is 6.10 Å². The van der Waals surface area contributed by atoms with Crippen molar-refractivity contribution < 1.29 is 44.2 Å². The van der Waals surface area contributed by atoms with E-state index in [1.54, 1.807) is 34.6 Å². The first-order valence-electron chi connectivity index (χ1n) is 10.6. The number of unbranched alkanes of at least 4 members (excludes halogenated alkanes) is 1. The fourth-order valence-electron chi connectivity index (χ4n) is 2.06. The number of hydrogen-bond donors (Lipinski definition) is 4. The topological polar surface area (TPSA) is 143 Å². The van der Waals surface area contributed by atoms with Gasteiger partial charge in [-0.1, -0.05) is 13.3 Å². The van der Waals surface area contributed by atoms with Crippen LogP contribution in [0.25, 0.3) is 0 Å². The lowest BCUT2D eigenvalue weighted by Crippen LogP contribution is -2.33. The van der Waals surface area contributed by atoms with Gasteiger partial charge in [-0.05, 0) is 47.5 Å². The van der Waals surface area contributed by atoms with Crippen molar-refractivity contribution in [3.8, 4) is 0 Å². The summed E-state index contributed by atoms with van der Waals surface area (Å²) in [6.45, 7) is 11.0. The third-order valence-corrected chi connectivity index (χ3v) is 4.07. The van der Waals surface area contributed by atoms with Crippen molar-refractivity contribution in [2.75, 3.05) is 13.2 Å². The fourth-order valence-corrected chi connectivity index (χ4v) is 2.06. The maximum Gasteiger partial charge on any atom is 0.306 e. The van der Waals surface area contributed by atoms with Crippen LogP contribution in [0.2, 0.25) is 0 Å². The monoisotopic (exact) mass is 438 g/mol. The predicted octanol–water partition coefficient (Wildman–Crippen LogP) is 1.89. The van der Waals surface area contributed by atoms with Crippen molar-refractivity contribution in [2.45, 2.75) is 110 Å². The van der Waals surface area contributed by atoms with Crippen molar-refractivity contribution in [2.24, 2.45) is 0 Å². The van der Waals surface area contributed by atoms with Crippen molar-refractivity contribution in [3.05, 3.63) is 0 Å². The molecule has 9 nitrogen and oxygen atoms in total. The molecule has 0 fully saturated rings. The van der Waals surface area contributed by atoms with Gasteiger partial charge < -0.3 is 34.6 Å². The summed E-state index contributed by atoms with van der Waals surface area (Å²) in [6, 6.07) is 0. The summed E-state index contributed by atoms with van der Waals surface area (Å²) in [7, 11) is 0. The van der Waals surface area contributed by atoms with Gasteiger partial charge in [0.25, 0.3) is 0 Å². The van der Waals surface area contributed by atoms with E-state index < -0.39 is 36.4 Å². The molecule has 0 aliphatic heterocycles. The third kappa shape index (κ3) is 20.0. The van der Waals surface area contributed by atoms with Crippen LogP contribution in [-0.4, -0.2) is 82.2 Å². The average Bonchev–Trinajstić information content (AvgIpc) is 2.65. The predicted molar refractivity (Wildman–Crippen MR) is 112 cm³/mol. The zero-order chi connectivity index (χ0) is 23.7. The Morgan fingerprint density at radius 3 is 1.73 bits per heavy atom. The van der Waals surface area contributed by atoms with E-state index in [0.717, 1.165) is 12.8 Å². The summed E-state index contributed by atoms with van der Waals surface area (Å²) >= 11 is 0. The molecule has 30 heavy (non-hydrogen) atoms. The van der Waals surface area contributed by atoms with E-state index in [4.69, 9.17) is 29.5 Å². The maximum absolute atomic E-state index is 11.6. The van der Waals surface area contributed by atoms with Crippen LogP contribution in [0, 0.1) is 0 Å². The molecule has 0 aromatic carbocycles. The van der Waals surface area contributed by atoms with Crippen LogP contribution in [0.1, 0.15) is 73.6 Å². The minimum Gasteiger partial charge on any atom is -0.481 e. The van der Waals surface area contributed by atoms with Crippen molar-refractivity contribution in [3.63, 3.8) is 0 Å². The van der Waals surface area contributed by atoms with E-state index in [9.17, 15) is 14.7 Å². The molecule has 6 atom stereocenters. The minimum atomic E-state index is -1.02. The first-order valence-corrected chi connectivity index (χ1v) is 10.6. The molecule has 0 radical (unpaired) electrons. The van der Waals surface area contributed by atoms with Gasteiger partial charge in [0.2, 0.25) is 0 Å². The third-order valence-electron chi connectivity index (χ3n) is 4.07. The second-order valence-corrected chi connectivity index (χ2v) is 7.58. The van der Waals surface area contributed by atoms with E-state index in [-0.39, 0.29) is 38.3 Å². The zero-order valence-electron chi connectivity index (χ0n) is 19.2. The quantitative estimate of drug-likeness (QED) is 0.282. The molecule has 180 valence electrons. The molecular weight excluding hydrogens is 396 g/mol. The Morgan fingerprint density at radius 1 is 0.833 bits per heavy atom. The summed E-state index contributed by atoms with van der Waals surface area (Å²) < 4.78 is 15.8. The number of aliphatic hydroxyl groups excluding tert-OH is 3. The van der Waals surface area contributed by atoms with E-state index in [1.165, 1.54) is 0 Å². The summed E-state index contributed by atoms with van der Waals surface area (Å²) in [5.41, 5.74) is 0. The Kier molecular flexibility index (Phi) is 19.1. The Balaban J connectivity index is 0. The van der Waals surface area contributed by atoms with Gasteiger partial charge in [0, 0.05) is 0 Å². The highest BCUT2D eigenvalue weighted by Crippen LogP contribution is 2.14. The zero-order valence-corrected chi connectivity index (χ0v) is 19.2. The number of aliphatic carboxylic acids is 1. The van der Waals surface area contributed by atoms with Crippen LogP contribution < -0.4 is 0 Å². The van der Waals surface area contributed by atoms with Crippen LogP contribution >= 0.6 is 0 Å². The molecule has 0 amide bonds. The molecule has 0 saturated carbocycles. The molecule has 0 aliphatic rings. The highest BCUT2D eigenvalue weighted by molar-refractivity contribution is 5.76. The Morgan fingerprint density at radius 2 is 1.33 bits per heavy atom. The molecule has 0 rings (SSSR count). The number of carbonyl (C=O) groups is 2. The van der Waals surface area contributed by atoms with E-state index >= 15 is 0 Å². The minimum absolute atomic E-state index is 0.138. The standard InChI is InChI=1S/C14H26O6.C7H16O3/c1-4-5-6-12(11(3)19-9-10(2)15)20-14(18)8-7-13(16)17;1-5(8)4-10-7(3)6(2)9/h10-12,15H,4-9H2,1-3H3,(H,16,17);5-9H,4H2,1-3H3. The molecule has 0 aliphatic carbocycles. The largest absolute Gasteiger partial charge is 0.481 e. The van der Waals surface area contributed by atoms with Gasteiger partial charge in [-0.2, -0.15) is 0 Å². The van der Waals surface area contributed by atoms with Crippen LogP contribution in [0.5, 0.6) is 0 Å². The van der Waals surface area contributed by atoms with E-state index in [0.29, 0.717) is 6.42 Å². The lowest BCUT2D eigenvalue weighted by atomic mass is 10.1. The smallest absolute Gasteiger partial charge is 0.306 e. The number of hydrogen-bond acceptors (Lipinski definition) is 8.